The van der Waals surface area contributed by atoms with Crippen molar-refractivity contribution in [2.75, 3.05) is 40.4 Å². The quantitative estimate of drug-likeness (QED) is 0.635. The van der Waals surface area contributed by atoms with Crippen LogP contribution < -0.4 is 5.73 Å². The number of likely N-dealkylation sites (N-methyl/N-ethyl adjacent to an activating group) is 1. The molecule has 13 heavy (non-hydrogen) atoms. The molecular weight excluding hydrogens is 170 g/mol. The number of amides is 2. The first-order valence-electron chi connectivity index (χ1n) is 4.41. The summed E-state index contributed by atoms with van der Waals surface area (Å²) >= 11 is 0. The van der Waals surface area contributed by atoms with E-state index >= 15 is 0 Å². The van der Waals surface area contributed by atoms with Crippen molar-refractivity contribution in [1.29, 1.82) is 0 Å². The van der Waals surface area contributed by atoms with Crippen LogP contribution in [-0.4, -0.2) is 62.3 Å². The second-order valence-electron chi connectivity index (χ2n) is 3.22. The molecule has 1 heterocycles. The Morgan fingerprint density at radius 3 is 2.85 bits per heavy atom. The average Bonchev–Trinajstić information content (AvgIpc) is 2.41. The van der Waals surface area contributed by atoms with Gasteiger partial charge in [-0.15, -0.1) is 0 Å². The summed E-state index contributed by atoms with van der Waals surface area (Å²) in [7, 11) is 3.41. The highest BCUT2D eigenvalue weighted by atomic mass is 16.5. The number of carbonyl (C=O) groups excluding carboxylic acids is 1. The number of nitrogens with zero attached hydrogens (tertiary/aromatic N) is 2. The number of rotatable bonds is 4. The molecule has 2 N–H and O–H groups in total. The molecule has 0 aromatic carbocycles. The van der Waals surface area contributed by atoms with Gasteiger partial charge in [-0.3, -0.25) is 0 Å². The van der Waals surface area contributed by atoms with Crippen molar-refractivity contribution >= 4 is 6.03 Å². The van der Waals surface area contributed by atoms with E-state index in [1.165, 1.54) is 0 Å². The van der Waals surface area contributed by atoms with Crippen molar-refractivity contribution in [2.45, 2.75) is 6.04 Å². The van der Waals surface area contributed by atoms with Crippen LogP contribution in [0.3, 0.4) is 0 Å². The van der Waals surface area contributed by atoms with E-state index < -0.39 is 0 Å². The topological polar surface area (TPSA) is 58.8 Å². The van der Waals surface area contributed by atoms with Crippen molar-refractivity contribution in [3.8, 4) is 0 Å². The molecule has 76 valence electrons. The van der Waals surface area contributed by atoms with Gasteiger partial charge in [0.1, 0.15) is 0 Å². The van der Waals surface area contributed by atoms with E-state index in [1.54, 1.807) is 24.0 Å². The Bertz CT molecular complexity index is 186. The maximum absolute atomic E-state index is 11.5. The fourth-order valence-electron chi connectivity index (χ4n) is 1.46. The monoisotopic (exact) mass is 187 g/mol. The average molecular weight is 187 g/mol. The minimum absolute atomic E-state index is 0.0486. The summed E-state index contributed by atoms with van der Waals surface area (Å²) in [5.74, 6) is 0. The molecule has 5 heteroatoms. The number of hydrogen-bond acceptors (Lipinski definition) is 3. The van der Waals surface area contributed by atoms with Crippen molar-refractivity contribution in [2.24, 2.45) is 5.73 Å². The van der Waals surface area contributed by atoms with Crippen LogP contribution in [0.15, 0.2) is 0 Å². The van der Waals surface area contributed by atoms with Crippen LogP contribution >= 0.6 is 0 Å². The molecule has 0 aromatic heterocycles. The summed E-state index contributed by atoms with van der Waals surface area (Å²) in [5.41, 5.74) is 5.53. The van der Waals surface area contributed by atoms with Gasteiger partial charge in [0.2, 0.25) is 0 Å². The van der Waals surface area contributed by atoms with Gasteiger partial charge < -0.3 is 20.3 Å². The Hall–Kier alpha value is -0.810. The van der Waals surface area contributed by atoms with Crippen LogP contribution in [0.5, 0.6) is 0 Å². The SMILES string of the molecule is COCCN1CC(CN)N(C)C1=O. The first kappa shape index (κ1) is 10.3. The predicted molar refractivity (Wildman–Crippen MR) is 49.5 cm³/mol. The zero-order valence-corrected chi connectivity index (χ0v) is 8.19. The Morgan fingerprint density at radius 1 is 1.69 bits per heavy atom. The number of urea groups is 1. The van der Waals surface area contributed by atoms with Crippen LogP contribution in [0.2, 0.25) is 0 Å². The lowest BCUT2D eigenvalue weighted by Crippen LogP contribution is -2.35. The largest absolute Gasteiger partial charge is 0.383 e. The van der Waals surface area contributed by atoms with Gasteiger partial charge in [-0.25, -0.2) is 4.79 Å². The van der Waals surface area contributed by atoms with Gasteiger partial charge >= 0.3 is 6.03 Å². The van der Waals surface area contributed by atoms with Crippen molar-refractivity contribution in [3.05, 3.63) is 0 Å². The first-order chi connectivity index (χ1) is 6.20. The van der Waals surface area contributed by atoms with Crippen molar-refractivity contribution in [1.82, 2.24) is 9.80 Å². The lowest BCUT2D eigenvalue weighted by atomic mass is 10.3. The Kier molecular flexibility index (Phi) is 3.50. The maximum Gasteiger partial charge on any atom is 0.320 e. The van der Waals surface area contributed by atoms with Gasteiger partial charge in [0.25, 0.3) is 0 Å². The molecule has 0 bridgehead atoms. The minimum atomic E-state index is 0.0486. The molecule has 0 aromatic rings. The van der Waals surface area contributed by atoms with Crippen LogP contribution in [-0.2, 0) is 4.74 Å². The van der Waals surface area contributed by atoms with E-state index in [0.717, 1.165) is 6.54 Å². The number of carbonyl (C=O) groups is 1. The van der Waals surface area contributed by atoms with E-state index in [2.05, 4.69) is 0 Å². The third-order valence-corrected chi connectivity index (χ3v) is 2.39. The molecule has 1 fully saturated rings. The molecule has 5 nitrogen and oxygen atoms in total. The van der Waals surface area contributed by atoms with Gasteiger partial charge in [0, 0.05) is 33.8 Å². The second-order valence-corrected chi connectivity index (χ2v) is 3.22. The standard InChI is InChI=1S/C8H17N3O2/c1-10-7(5-9)6-11(8(10)12)3-4-13-2/h7H,3-6,9H2,1-2H3. The van der Waals surface area contributed by atoms with E-state index in [1.807, 2.05) is 0 Å². The summed E-state index contributed by atoms with van der Waals surface area (Å²) in [4.78, 5) is 15.0. The van der Waals surface area contributed by atoms with Crippen LogP contribution in [0, 0.1) is 0 Å². The molecule has 0 radical (unpaired) electrons. The molecule has 1 rings (SSSR count). The van der Waals surface area contributed by atoms with Crippen molar-refractivity contribution < 1.29 is 9.53 Å². The zero-order chi connectivity index (χ0) is 9.84. The highest BCUT2D eigenvalue weighted by Crippen LogP contribution is 2.11. The van der Waals surface area contributed by atoms with Gasteiger partial charge in [0.15, 0.2) is 0 Å². The lowest BCUT2D eigenvalue weighted by molar-refractivity contribution is 0.156. The summed E-state index contributed by atoms with van der Waals surface area (Å²) in [6, 6.07) is 0.205. The number of hydrogen-bond donors (Lipinski definition) is 1. The van der Waals surface area contributed by atoms with Crippen molar-refractivity contribution in [3.63, 3.8) is 0 Å². The number of methoxy groups -OCH3 is 1. The van der Waals surface area contributed by atoms with Gasteiger partial charge in [-0.05, 0) is 0 Å². The van der Waals surface area contributed by atoms with Crippen LogP contribution in [0.25, 0.3) is 0 Å². The molecule has 0 saturated carbocycles. The summed E-state index contributed by atoms with van der Waals surface area (Å²) < 4.78 is 4.91. The smallest absolute Gasteiger partial charge is 0.320 e. The number of nitrogens with two attached hydrogens (primary N) is 1. The fraction of sp³-hybridized carbons (Fsp3) is 0.875. The first-order valence-corrected chi connectivity index (χ1v) is 4.41. The highest BCUT2D eigenvalue weighted by molar-refractivity contribution is 5.76. The number of ether oxygens (including phenoxy) is 1. The van der Waals surface area contributed by atoms with E-state index in [0.29, 0.717) is 19.7 Å². The maximum atomic E-state index is 11.5. The van der Waals surface area contributed by atoms with E-state index in [-0.39, 0.29) is 12.1 Å². The minimum Gasteiger partial charge on any atom is -0.383 e. The van der Waals surface area contributed by atoms with Gasteiger partial charge in [-0.1, -0.05) is 0 Å². The van der Waals surface area contributed by atoms with Crippen LogP contribution in [0.4, 0.5) is 4.79 Å². The molecule has 0 spiro atoms. The molecule has 0 aliphatic carbocycles. The highest BCUT2D eigenvalue weighted by Gasteiger charge is 2.32. The molecular formula is C8H17N3O2. The fourth-order valence-corrected chi connectivity index (χ4v) is 1.46. The normalized spacial score (nSPS) is 23.0. The Balaban J connectivity index is 2.45. The molecule has 1 aliphatic heterocycles. The molecule has 1 atom stereocenters. The Morgan fingerprint density at radius 2 is 2.38 bits per heavy atom. The lowest BCUT2D eigenvalue weighted by Gasteiger charge is -2.15. The summed E-state index contributed by atoms with van der Waals surface area (Å²) in [6.07, 6.45) is 0. The zero-order valence-electron chi connectivity index (χ0n) is 8.19. The third-order valence-electron chi connectivity index (χ3n) is 2.39. The predicted octanol–water partition coefficient (Wildman–Crippen LogP) is -0.672. The summed E-state index contributed by atoms with van der Waals surface area (Å²) in [6.45, 7) is 2.47. The second kappa shape index (κ2) is 4.43. The van der Waals surface area contributed by atoms with E-state index in [9.17, 15) is 4.79 Å². The Labute approximate surface area is 78.4 Å². The van der Waals surface area contributed by atoms with Crippen LogP contribution in [0.1, 0.15) is 0 Å². The molecule has 1 saturated heterocycles. The molecule has 2 amide bonds. The van der Waals surface area contributed by atoms with E-state index in [4.69, 9.17) is 10.5 Å². The summed E-state index contributed by atoms with van der Waals surface area (Å²) in [5, 5.41) is 0. The third kappa shape index (κ3) is 2.10. The molecule has 1 aliphatic rings. The van der Waals surface area contributed by atoms with Gasteiger partial charge in [0.05, 0.1) is 12.6 Å². The molecule has 1 unspecified atom stereocenters. The van der Waals surface area contributed by atoms with Gasteiger partial charge in [-0.2, -0.15) is 0 Å².